The van der Waals surface area contributed by atoms with E-state index in [0.717, 1.165) is 33.3 Å². The van der Waals surface area contributed by atoms with Gasteiger partial charge in [0.1, 0.15) is 0 Å². The first-order valence-corrected chi connectivity index (χ1v) is 9.78. The molecule has 0 spiro atoms. The van der Waals surface area contributed by atoms with Crippen molar-refractivity contribution >= 4 is 20.7 Å². The molecule has 0 aliphatic heterocycles. The van der Waals surface area contributed by atoms with Gasteiger partial charge in [0.05, 0.1) is 24.1 Å². The number of hydrogen-bond acceptors (Lipinski definition) is 5. The fourth-order valence-electron chi connectivity index (χ4n) is 2.83. The molecule has 6 heteroatoms. The molecule has 5 nitrogen and oxygen atoms in total. The van der Waals surface area contributed by atoms with Crippen molar-refractivity contribution in [2.75, 3.05) is 13.4 Å². The van der Waals surface area contributed by atoms with Crippen LogP contribution in [0.2, 0.25) is 0 Å². The minimum absolute atomic E-state index is 0.0104. The number of phenols is 1. The molecule has 0 bridgehead atoms. The summed E-state index contributed by atoms with van der Waals surface area (Å²) in [6.45, 7) is 1.96. The molecule has 3 rings (SSSR count). The van der Waals surface area contributed by atoms with Gasteiger partial charge in [0.15, 0.2) is 21.3 Å². The zero-order valence-electron chi connectivity index (χ0n) is 14.3. The molecule has 1 aromatic heterocycles. The number of benzene rings is 2. The maximum absolute atomic E-state index is 11.5. The third kappa shape index (κ3) is 3.74. The Balaban J connectivity index is 2.08. The smallest absolute Gasteiger partial charge is 0.160 e. The maximum Gasteiger partial charge on any atom is 0.160 e. The van der Waals surface area contributed by atoms with Crippen molar-refractivity contribution in [2.24, 2.45) is 0 Å². The summed E-state index contributed by atoms with van der Waals surface area (Å²) >= 11 is 0. The van der Waals surface area contributed by atoms with E-state index in [1.165, 1.54) is 13.4 Å². The summed E-state index contributed by atoms with van der Waals surface area (Å²) in [4.78, 5) is 4.64. The van der Waals surface area contributed by atoms with Gasteiger partial charge < -0.3 is 9.84 Å². The number of nitrogens with zero attached hydrogens (tertiary/aromatic N) is 1. The van der Waals surface area contributed by atoms with Crippen molar-refractivity contribution < 1.29 is 18.3 Å². The second-order valence-electron chi connectivity index (χ2n) is 6.13. The average Bonchev–Trinajstić information content (AvgIpc) is 2.53. The van der Waals surface area contributed by atoms with Gasteiger partial charge in [-0.25, -0.2) is 13.4 Å². The topological polar surface area (TPSA) is 76.5 Å². The molecule has 0 saturated carbocycles. The molecular formula is C19H19NO4S. The van der Waals surface area contributed by atoms with Crippen molar-refractivity contribution in [1.82, 2.24) is 4.98 Å². The van der Waals surface area contributed by atoms with E-state index in [-0.39, 0.29) is 11.5 Å². The standard InChI is InChI=1S/C19H19NO4S/c1-12-8-17(14-5-7-19(24-2)18(21)10-14)20-16-6-4-13(9-15(12)16)11-25(3,22)23/h4-10,21H,11H2,1-3H3. The summed E-state index contributed by atoms with van der Waals surface area (Å²) in [5, 5.41) is 10.9. The number of pyridine rings is 1. The molecule has 0 saturated heterocycles. The number of methoxy groups -OCH3 is 1. The molecule has 0 atom stereocenters. The van der Waals surface area contributed by atoms with Crippen molar-refractivity contribution in [3.05, 3.63) is 53.6 Å². The first-order valence-electron chi connectivity index (χ1n) is 7.72. The molecule has 0 radical (unpaired) electrons. The van der Waals surface area contributed by atoms with E-state index >= 15 is 0 Å². The molecule has 3 aromatic rings. The Kier molecular flexibility index (Phi) is 4.39. The van der Waals surface area contributed by atoms with Gasteiger partial charge in [0.25, 0.3) is 0 Å². The van der Waals surface area contributed by atoms with Gasteiger partial charge in [0, 0.05) is 17.2 Å². The molecule has 0 unspecified atom stereocenters. The highest BCUT2D eigenvalue weighted by Crippen LogP contribution is 2.32. The van der Waals surface area contributed by atoms with E-state index < -0.39 is 9.84 Å². The number of fused-ring (bicyclic) bond motifs is 1. The quantitative estimate of drug-likeness (QED) is 0.774. The van der Waals surface area contributed by atoms with E-state index in [1.54, 1.807) is 18.2 Å². The van der Waals surface area contributed by atoms with Crippen molar-refractivity contribution in [2.45, 2.75) is 12.7 Å². The highest BCUT2D eigenvalue weighted by Gasteiger charge is 2.10. The van der Waals surface area contributed by atoms with Gasteiger partial charge in [-0.15, -0.1) is 0 Å². The highest BCUT2D eigenvalue weighted by molar-refractivity contribution is 7.89. The van der Waals surface area contributed by atoms with Crippen LogP contribution in [-0.2, 0) is 15.6 Å². The molecule has 0 aliphatic rings. The number of ether oxygens (including phenoxy) is 1. The first kappa shape index (κ1) is 17.2. The van der Waals surface area contributed by atoms with Crippen molar-refractivity contribution in [3.8, 4) is 22.8 Å². The van der Waals surface area contributed by atoms with E-state index in [9.17, 15) is 13.5 Å². The maximum atomic E-state index is 11.5. The number of rotatable bonds is 4. The van der Waals surface area contributed by atoms with Gasteiger partial charge >= 0.3 is 0 Å². The molecule has 0 amide bonds. The van der Waals surface area contributed by atoms with Crippen LogP contribution in [-0.4, -0.2) is 31.9 Å². The van der Waals surface area contributed by atoms with Gasteiger partial charge in [-0.3, -0.25) is 0 Å². The Hall–Kier alpha value is -2.60. The molecule has 2 aromatic carbocycles. The Morgan fingerprint density at radius 1 is 1.12 bits per heavy atom. The summed E-state index contributed by atoms with van der Waals surface area (Å²) in [7, 11) is -1.58. The van der Waals surface area contributed by atoms with Crippen LogP contribution in [0.5, 0.6) is 11.5 Å². The first-order chi connectivity index (χ1) is 11.8. The number of sulfone groups is 1. The summed E-state index contributed by atoms with van der Waals surface area (Å²) in [5.41, 5.74) is 4.03. The summed E-state index contributed by atoms with van der Waals surface area (Å²) in [6.07, 6.45) is 1.22. The predicted octanol–water partition coefficient (Wildman–Crippen LogP) is 3.47. The zero-order chi connectivity index (χ0) is 18.2. The third-order valence-corrected chi connectivity index (χ3v) is 4.84. The second kappa shape index (κ2) is 6.37. The molecule has 1 heterocycles. The van der Waals surface area contributed by atoms with Crippen LogP contribution in [0.1, 0.15) is 11.1 Å². The van der Waals surface area contributed by atoms with Gasteiger partial charge in [-0.05, 0) is 54.4 Å². The third-order valence-electron chi connectivity index (χ3n) is 3.98. The largest absolute Gasteiger partial charge is 0.504 e. The van der Waals surface area contributed by atoms with Crippen LogP contribution in [0.3, 0.4) is 0 Å². The SMILES string of the molecule is COc1ccc(-c2cc(C)c3cc(CS(C)(=O)=O)ccc3n2)cc1O. The summed E-state index contributed by atoms with van der Waals surface area (Å²) in [5.74, 6) is 0.478. The molecule has 25 heavy (non-hydrogen) atoms. The predicted molar refractivity (Wildman–Crippen MR) is 98.7 cm³/mol. The van der Waals surface area contributed by atoms with Crippen molar-refractivity contribution in [3.63, 3.8) is 0 Å². The van der Waals surface area contributed by atoms with E-state index in [2.05, 4.69) is 4.98 Å². The van der Waals surface area contributed by atoms with E-state index in [1.807, 2.05) is 31.2 Å². The Morgan fingerprint density at radius 2 is 1.88 bits per heavy atom. The van der Waals surface area contributed by atoms with Crippen LogP contribution in [0.15, 0.2) is 42.5 Å². The van der Waals surface area contributed by atoms with Gasteiger partial charge in [0.2, 0.25) is 0 Å². The van der Waals surface area contributed by atoms with Gasteiger partial charge in [-0.2, -0.15) is 0 Å². The zero-order valence-corrected chi connectivity index (χ0v) is 15.1. The molecule has 0 fully saturated rings. The Morgan fingerprint density at radius 3 is 2.52 bits per heavy atom. The summed E-state index contributed by atoms with van der Waals surface area (Å²) in [6, 6.07) is 12.6. The minimum Gasteiger partial charge on any atom is -0.504 e. The van der Waals surface area contributed by atoms with E-state index in [0.29, 0.717) is 5.75 Å². The van der Waals surface area contributed by atoms with Crippen LogP contribution in [0, 0.1) is 6.92 Å². The number of phenolic OH excluding ortho intramolecular Hbond substituents is 1. The van der Waals surface area contributed by atoms with Crippen molar-refractivity contribution in [1.29, 1.82) is 0 Å². The lowest BCUT2D eigenvalue weighted by Gasteiger charge is -2.10. The Labute approximate surface area is 146 Å². The van der Waals surface area contributed by atoms with Crippen LogP contribution >= 0.6 is 0 Å². The van der Waals surface area contributed by atoms with Crippen LogP contribution in [0.4, 0.5) is 0 Å². The lowest BCUT2D eigenvalue weighted by atomic mass is 10.0. The monoisotopic (exact) mass is 357 g/mol. The minimum atomic E-state index is -3.08. The normalized spacial score (nSPS) is 11.6. The van der Waals surface area contributed by atoms with Crippen LogP contribution in [0.25, 0.3) is 22.2 Å². The molecule has 1 N–H and O–H groups in total. The lowest BCUT2D eigenvalue weighted by molar-refractivity contribution is 0.373. The molecular weight excluding hydrogens is 338 g/mol. The van der Waals surface area contributed by atoms with Crippen LogP contribution < -0.4 is 4.74 Å². The molecule has 0 aliphatic carbocycles. The summed E-state index contributed by atoms with van der Waals surface area (Å²) < 4.78 is 28.1. The molecule has 130 valence electrons. The Bertz CT molecular complexity index is 1060. The average molecular weight is 357 g/mol. The highest BCUT2D eigenvalue weighted by atomic mass is 32.2. The van der Waals surface area contributed by atoms with E-state index in [4.69, 9.17) is 4.74 Å². The lowest BCUT2D eigenvalue weighted by Crippen LogP contribution is -2.01. The fourth-order valence-corrected chi connectivity index (χ4v) is 3.62. The second-order valence-corrected chi connectivity index (χ2v) is 8.27. The fraction of sp³-hybridized carbons (Fsp3) is 0.211. The number of aromatic nitrogens is 1. The number of aromatic hydroxyl groups is 1. The number of aryl methyl sites for hydroxylation is 1. The number of hydrogen-bond donors (Lipinski definition) is 1. The van der Waals surface area contributed by atoms with Gasteiger partial charge in [-0.1, -0.05) is 6.07 Å².